The van der Waals surface area contributed by atoms with E-state index in [1.807, 2.05) is 0 Å². The normalized spacial score (nSPS) is 19.6. The van der Waals surface area contributed by atoms with Gasteiger partial charge >= 0.3 is 0 Å². The smallest absolute Gasteiger partial charge is 0.251 e. The van der Waals surface area contributed by atoms with Crippen molar-refractivity contribution in [3.8, 4) is 0 Å². The molecule has 1 aliphatic heterocycles. The average Bonchev–Trinajstić information content (AvgIpc) is 2.36. The maximum atomic E-state index is 11.9. The number of rotatable bonds is 3. The van der Waals surface area contributed by atoms with Crippen molar-refractivity contribution in [2.75, 3.05) is 26.3 Å². The van der Waals surface area contributed by atoms with Crippen LogP contribution in [-0.4, -0.2) is 38.3 Å². The van der Waals surface area contributed by atoms with E-state index in [0.717, 1.165) is 6.54 Å². The summed E-state index contributed by atoms with van der Waals surface area (Å²) in [4.78, 5) is 11.9. The molecule has 6 heteroatoms. The van der Waals surface area contributed by atoms with Crippen molar-refractivity contribution in [1.29, 1.82) is 0 Å². The highest BCUT2D eigenvalue weighted by Crippen LogP contribution is 2.18. The van der Waals surface area contributed by atoms with Crippen molar-refractivity contribution in [3.05, 3.63) is 33.8 Å². The van der Waals surface area contributed by atoms with Gasteiger partial charge in [-0.2, -0.15) is 0 Å². The largest absolute Gasteiger partial charge is 0.378 e. The van der Waals surface area contributed by atoms with Crippen molar-refractivity contribution in [3.63, 3.8) is 0 Å². The fourth-order valence-corrected chi connectivity index (χ4v) is 2.28. The predicted octanol–water partition coefficient (Wildman–Crippen LogP) is 1.71. The first kappa shape index (κ1) is 13.6. The van der Waals surface area contributed by atoms with Crippen LogP contribution in [0.1, 0.15) is 10.4 Å². The van der Waals surface area contributed by atoms with Gasteiger partial charge in [0.15, 0.2) is 0 Å². The summed E-state index contributed by atoms with van der Waals surface area (Å²) in [5.74, 6) is -0.188. The Morgan fingerprint density at radius 2 is 2.11 bits per heavy atom. The predicted molar refractivity (Wildman–Crippen MR) is 71.4 cm³/mol. The molecule has 1 aromatic rings. The van der Waals surface area contributed by atoms with Crippen LogP contribution in [0.3, 0.4) is 0 Å². The molecule has 0 aliphatic carbocycles. The van der Waals surface area contributed by atoms with Gasteiger partial charge in [0.25, 0.3) is 5.91 Å². The summed E-state index contributed by atoms with van der Waals surface area (Å²) in [7, 11) is 0. The van der Waals surface area contributed by atoms with Crippen molar-refractivity contribution < 1.29 is 9.53 Å². The molecule has 1 aromatic carbocycles. The van der Waals surface area contributed by atoms with Gasteiger partial charge in [-0.25, -0.2) is 0 Å². The Morgan fingerprint density at radius 1 is 1.39 bits per heavy atom. The molecule has 1 heterocycles. The first-order valence-corrected chi connectivity index (χ1v) is 6.46. The molecule has 18 heavy (non-hydrogen) atoms. The van der Waals surface area contributed by atoms with Gasteiger partial charge in [0.2, 0.25) is 0 Å². The summed E-state index contributed by atoms with van der Waals surface area (Å²) < 4.78 is 5.30. The standard InChI is InChI=1S/C12H14Cl2N2O2/c13-9-3-8(4-10(14)5-9)12(17)16-6-11-7-18-2-1-15-11/h3-5,11,15H,1-2,6-7H2,(H,16,17). The van der Waals surface area contributed by atoms with Crippen molar-refractivity contribution in [1.82, 2.24) is 10.6 Å². The molecule has 1 saturated heterocycles. The van der Waals surface area contributed by atoms with E-state index >= 15 is 0 Å². The van der Waals surface area contributed by atoms with Gasteiger partial charge in [-0.3, -0.25) is 4.79 Å². The fourth-order valence-electron chi connectivity index (χ4n) is 1.75. The number of amides is 1. The third kappa shape index (κ3) is 3.85. The third-order valence-corrected chi connectivity index (χ3v) is 3.07. The summed E-state index contributed by atoms with van der Waals surface area (Å²) in [6.45, 7) is 2.65. The maximum Gasteiger partial charge on any atom is 0.251 e. The number of hydrogen-bond donors (Lipinski definition) is 2. The number of morpholine rings is 1. The average molecular weight is 289 g/mol. The Hall–Kier alpha value is -0.810. The van der Waals surface area contributed by atoms with E-state index in [0.29, 0.717) is 35.4 Å². The molecule has 0 aromatic heterocycles. The molecule has 1 atom stereocenters. The molecule has 0 radical (unpaired) electrons. The fraction of sp³-hybridized carbons (Fsp3) is 0.417. The molecule has 2 N–H and O–H groups in total. The highest BCUT2D eigenvalue weighted by molar-refractivity contribution is 6.35. The molecule has 2 rings (SSSR count). The molecule has 1 fully saturated rings. The van der Waals surface area contributed by atoms with Gasteiger partial charge in [0.05, 0.1) is 13.2 Å². The van der Waals surface area contributed by atoms with E-state index in [1.54, 1.807) is 18.2 Å². The Kier molecular flexibility index (Phi) is 4.83. The van der Waals surface area contributed by atoms with Crippen LogP contribution in [0.25, 0.3) is 0 Å². The van der Waals surface area contributed by atoms with Crippen molar-refractivity contribution in [2.24, 2.45) is 0 Å². The quantitative estimate of drug-likeness (QED) is 0.890. The van der Waals surface area contributed by atoms with Crippen LogP contribution in [0.15, 0.2) is 18.2 Å². The second-order valence-corrected chi connectivity index (χ2v) is 4.97. The lowest BCUT2D eigenvalue weighted by Crippen LogP contribution is -2.48. The Morgan fingerprint density at radius 3 is 2.72 bits per heavy atom. The lowest BCUT2D eigenvalue weighted by atomic mass is 10.2. The second-order valence-electron chi connectivity index (χ2n) is 4.09. The molecule has 98 valence electrons. The van der Waals surface area contributed by atoms with Gasteiger partial charge in [0, 0.05) is 34.7 Å². The van der Waals surface area contributed by atoms with E-state index in [1.165, 1.54) is 0 Å². The first-order chi connectivity index (χ1) is 8.65. The summed E-state index contributed by atoms with van der Waals surface area (Å²) in [5.41, 5.74) is 0.462. The number of carbonyl (C=O) groups excluding carboxylic acids is 1. The molecule has 1 amide bonds. The summed E-state index contributed by atoms with van der Waals surface area (Å²) in [6, 6.07) is 4.93. The Balaban J connectivity index is 1.90. The van der Waals surface area contributed by atoms with Crippen LogP contribution in [0.5, 0.6) is 0 Å². The zero-order valence-corrected chi connectivity index (χ0v) is 11.2. The van der Waals surface area contributed by atoms with Crippen molar-refractivity contribution >= 4 is 29.1 Å². The monoisotopic (exact) mass is 288 g/mol. The SMILES string of the molecule is O=C(NCC1COCCN1)c1cc(Cl)cc(Cl)c1. The van der Waals surface area contributed by atoms with Crippen molar-refractivity contribution in [2.45, 2.75) is 6.04 Å². The van der Waals surface area contributed by atoms with Crippen LogP contribution in [0, 0.1) is 0 Å². The van der Waals surface area contributed by atoms with E-state index in [2.05, 4.69) is 10.6 Å². The molecule has 1 aliphatic rings. The van der Waals surface area contributed by atoms with E-state index in [9.17, 15) is 4.79 Å². The van der Waals surface area contributed by atoms with Gasteiger partial charge in [-0.05, 0) is 18.2 Å². The van der Waals surface area contributed by atoms with E-state index < -0.39 is 0 Å². The Bertz CT molecular complexity index is 414. The van der Waals surface area contributed by atoms with Gasteiger partial charge in [-0.1, -0.05) is 23.2 Å². The summed E-state index contributed by atoms with van der Waals surface area (Å²) in [5, 5.41) is 6.98. The number of carbonyl (C=O) groups is 1. The molecule has 0 saturated carbocycles. The number of nitrogens with one attached hydrogen (secondary N) is 2. The molecule has 0 spiro atoms. The van der Waals surface area contributed by atoms with Crippen LogP contribution < -0.4 is 10.6 Å². The minimum atomic E-state index is -0.188. The third-order valence-electron chi connectivity index (χ3n) is 2.63. The molecule has 4 nitrogen and oxygen atoms in total. The second kappa shape index (κ2) is 6.38. The van der Waals surface area contributed by atoms with Gasteiger partial charge in [0.1, 0.15) is 0 Å². The van der Waals surface area contributed by atoms with E-state index in [-0.39, 0.29) is 11.9 Å². The number of ether oxygens (including phenoxy) is 1. The lowest BCUT2D eigenvalue weighted by molar-refractivity contribution is 0.0734. The lowest BCUT2D eigenvalue weighted by Gasteiger charge is -2.23. The Labute approximate surface area is 116 Å². The summed E-state index contributed by atoms with van der Waals surface area (Å²) in [6.07, 6.45) is 0. The molecular weight excluding hydrogens is 275 g/mol. The highest BCUT2D eigenvalue weighted by atomic mass is 35.5. The minimum Gasteiger partial charge on any atom is -0.378 e. The molecule has 1 unspecified atom stereocenters. The van der Waals surface area contributed by atoms with Crippen LogP contribution in [0.4, 0.5) is 0 Å². The maximum absolute atomic E-state index is 11.9. The van der Waals surface area contributed by atoms with Gasteiger partial charge < -0.3 is 15.4 Å². The first-order valence-electron chi connectivity index (χ1n) is 5.70. The molecular formula is C12H14Cl2N2O2. The van der Waals surface area contributed by atoms with E-state index in [4.69, 9.17) is 27.9 Å². The highest BCUT2D eigenvalue weighted by Gasteiger charge is 2.14. The summed E-state index contributed by atoms with van der Waals surface area (Å²) >= 11 is 11.7. The van der Waals surface area contributed by atoms with Crippen LogP contribution in [-0.2, 0) is 4.74 Å². The topological polar surface area (TPSA) is 50.4 Å². The van der Waals surface area contributed by atoms with Gasteiger partial charge in [-0.15, -0.1) is 0 Å². The minimum absolute atomic E-state index is 0.150. The zero-order chi connectivity index (χ0) is 13.0. The number of benzene rings is 1. The molecule has 0 bridgehead atoms. The van der Waals surface area contributed by atoms with Crippen LogP contribution >= 0.6 is 23.2 Å². The number of halogens is 2. The van der Waals surface area contributed by atoms with Crippen LogP contribution in [0.2, 0.25) is 10.0 Å². The zero-order valence-electron chi connectivity index (χ0n) is 9.71. The number of hydrogen-bond acceptors (Lipinski definition) is 3.